The summed E-state index contributed by atoms with van der Waals surface area (Å²) in [6, 6.07) is 16.3. The predicted molar refractivity (Wildman–Crippen MR) is 165 cm³/mol. The van der Waals surface area contributed by atoms with E-state index in [2.05, 4.69) is 5.32 Å². The van der Waals surface area contributed by atoms with Gasteiger partial charge < -0.3 is 19.7 Å². The van der Waals surface area contributed by atoms with Gasteiger partial charge in [0, 0.05) is 18.2 Å². The third-order valence-corrected chi connectivity index (χ3v) is 8.78. The van der Waals surface area contributed by atoms with Crippen molar-refractivity contribution in [2.24, 2.45) is 0 Å². The molecule has 0 aliphatic carbocycles. The molecule has 0 heterocycles. The van der Waals surface area contributed by atoms with E-state index in [4.69, 9.17) is 32.7 Å². The minimum absolute atomic E-state index is 0.0303. The molecule has 0 saturated carbocycles. The van der Waals surface area contributed by atoms with E-state index in [-0.39, 0.29) is 27.9 Å². The quantitative estimate of drug-likeness (QED) is 0.297. The molecular formula is C30H35Cl2N3O6S. The molecule has 0 unspecified atom stereocenters. The van der Waals surface area contributed by atoms with Crippen LogP contribution >= 0.6 is 23.2 Å². The molecule has 12 heteroatoms. The monoisotopic (exact) mass is 635 g/mol. The third kappa shape index (κ3) is 8.08. The zero-order valence-electron chi connectivity index (χ0n) is 24.4. The van der Waals surface area contributed by atoms with Crippen molar-refractivity contribution < 1.29 is 27.5 Å². The van der Waals surface area contributed by atoms with E-state index in [0.717, 1.165) is 4.31 Å². The van der Waals surface area contributed by atoms with Gasteiger partial charge in [-0.1, -0.05) is 47.5 Å². The van der Waals surface area contributed by atoms with Gasteiger partial charge >= 0.3 is 0 Å². The highest BCUT2D eigenvalue weighted by Crippen LogP contribution is 2.36. The smallest absolute Gasteiger partial charge is 0.264 e. The van der Waals surface area contributed by atoms with Gasteiger partial charge in [-0.05, 0) is 69.7 Å². The first-order valence-electron chi connectivity index (χ1n) is 13.0. The molecule has 0 bridgehead atoms. The number of benzene rings is 3. The summed E-state index contributed by atoms with van der Waals surface area (Å²) < 4.78 is 39.9. The van der Waals surface area contributed by atoms with Crippen molar-refractivity contribution in [3.8, 4) is 11.5 Å². The summed E-state index contributed by atoms with van der Waals surface area (Å²) in [6.45, 7) is 6.38. The van der Waals surface area contributed by atoms with Gasteiger partial charge in [-0.3, -0.25) is 13.9 Å². The van der Waals surface area contributed by atoms with Crippen molar-refractivity contribution in [3.63, 3.8) is 0 Å². The zero-order valence-corrected chi connectivity index (χ0v) is 26.7. The molecule has 3 rings (SSSR count). The topological polar surface area (TPSA) is 105 Å². The maximum atomic E-state index is 14.1. The summed E-state index contributed by atoms with van der Waals surface area (Å²) >= 11 is 12.3. The average molecular weight is 637 g/mol. The van der Waals surface area contributed by atoms with Crippen molar-refractivity contribution in [2.45, 2.75) is 50.7 Å². The predicted octanol–water partition coefficient (Wildman–Crippen LogP) is 5.54. The number of sulfonamides is 1. The van der Waals surface area contributed by atoms with Crippen LogP contribution in [0.5, 0.6) is 11.5 Å². The molecule has 0 fully saturated rings. The number of anilines is 1. The summed E-state index contributed by atoms with van der Waals surface area (Å²) in [5.74, 6) is -0.482. The lowest BCUT2D eigenvalue weighted by Gasteiger charge is -2.33. The molecular weight excluding hydrogens is 601 g/mol. The van der Waals surface area contributed by atoms with Gasteiger partial charge in [-0.2, -0.15) is 0 Å². The molecule has 226 valence electrons. The molecule has 3 aromatic carbocycles. The molecule has 9 nitrogen and oxygen atoms in total. The fraction of sp³-hybridized carbons (Fsp3) is 0.333. The van der Waals surface area contributed by atoms with Gasteiger partial charge in [-0.15, -0.1) is 0 Å². The molecule has 0 radical (unpaired) electrons. The number of hydrogen-bond acceptors (Lipinski definition) is 6. The fourth-order valence-corrected chi connectivity index (χ4v) is 5.87. The van der Waals surface area contributed by atoms with Crippen LogP contribution in [0.15, 0.2) is 71.6 Å². The van der Waals surface area contributed by atoms with Gasteiger partial charge in [0.15, 0.2) is 0 Å². The van der Waals surface area contributed by atoms with Gasteiger partial charge in [0.1, 0.15) is 24.1 Å². The van der Waals surface area contributed by atoms with Crippen LogP contribution in [-0.4, -0.2) is 57.5 Å². The number of ether oxygens (including phenoxy) is 2. The molecule has 3 aromatic rings. The van der Waals surface area contributed by atoms with E-state index in [0.29, 0.717) is 16.3 Å². The summed E-state index contributed by atoms with van der Waals surface area (Å²) in [6.07, 6.45) is 0. The first kappa shape index (κ1) is 33.0. The summed E-state index contributed by atoms with van der Waals surface area (Å²) in [4.78, 5) is 28.7. The van der Waals surface area contributed by atoms with Crippen LogP contribution in [0.4, 0.5) is 5.69 Å². The van der Waals surface area contributed by atoms with Gasteiger partial charge in [0.05, 0.1) is 34.8 Å². The van der Waals surface area contributed by atoms with Crippen molar-refractivity contribution >= 4 is 50.7 Å². The largest absolute Gasteiger partial charge is 0.497 e. The van der Waals surface area contributed by atoms with Gasteiger partial charge in [0.2, 0.25) is 11.8 Å². The lowest BCUT2D eigenvalue weighted by atomic mass is 10.1. The number of halogens is 2. The lowest BCUT2D eigenvalue weighted by molar-refractivity contribution is -0.140. The Morgan fingerprint density at radius 2 is 1.60 bits per heavy atom. The molecule has 0 aromatic heterocycles. The van der Waals surface area contributed by atoms with E-state index in [1.54, 1.807) is 55.5 Å². The Kier molecular flexibility index (Phi) is 10.8. The Bertz CT molecular complexity index is 1530. The van der Waals surface area contributed by atoms with Crippen molar-refractivity contribution in [1.82, 2.24) is 10.2 Å². The number of nitrogens with zero attached hydrogens (tertiary/aromatic N) is 2. The zero-order chi connectivity index (χ0) is 31.2. The SMILES string of the molecule is COc1ccc(OC)c(N(CC(=O)N(Cc2ccc(Cl)c(Cl)c2)[C@H](C)C(=O)NC(C)(C)C)S(=O)(=O)c2ccccc2)c1. The minimum Gasteiger partial charge on any atom is -0.497 e. The van der Waals surface area contributed by atoms with Crippen LogP contribution in [0.2, 0.25) is 10.0 Å². The number of hydrogen-bond donors (Lipinski definition) is 1. The summed E-state index contributed by atoms with van der Waals surface area (Å²) in [5, 5.41) is 3.50. The Labute approximate surface area is 257 Å². The van der Waals surface area contributed by atoms with Crippen LogP contribution in [0, 0.1) is 0 Å². The first-order chi connectivity index (χ1) is 19.7. The molecule has 0 aliphatic rings. The van der Waals surface area contributed by atoms with Crippen LogP contribution in [0.1, 0.15) is 33.3 Å². The van der Waals surface area contributed by atoms with Gasteiger partial charge in [0.25, 0.3) is 10.0 Å². The van der Waals surface area contributed by atoms with E-state index >= 15 is 0 Å². The molecule has 2 amide bonds. The van der Waals surface area contributed by atoms with E-state index in [9.17, 15) is 18.0 Å². The lowest BCUT2D eigenvalue weighted by Crippen LogP contribution is -2.54. The standard InChI is InChI=1S/C30H35Cl2N3O6S/c1-20(29(37)33-30(2,3)4)34(18-21-12-14-24(31)25(32)16-21)28(36)19-35(42(38,39)23-10-8-7-9-11-23)26-17-22(40-5)13-15-27(26)41-6/h7-17,20H,18-19H2,1-6H3,(H,33,37)/t20-/m1/s1. The first-order valence-corrected chi connectivity index (χ1v) is 15.2. The number of methoxy groups -OCH3 is 2. The van der Waals surface area contributed by atoms with Crippen molar-refractivity contribution in [3.05, 3.63) is 82.3 Å². The highest BCUT2D eigenvalue weighted by molar-refractivity contribution is 7.92. The second kappa shape index (κ2) is 13.7. The number of carbonyl (C=O) groups is 2. The Morgan fingerprint density at radius 3 is 2.17 bits per heavy atom. The molecule has 0 spiro atoms. The van der Waals surface area contributed by atoms with Crippen molar-refractivity contribution in [2.75, 3.05) is 25.1 Å². The Morgan fingerprint density at radius 1 is 0.929 bits per heavy atom. The normalized spacial score (nSPS) is 12.3. The van der Waals surface area contributed by atoms with Gasteiger partial charge in [-0.25, -0.2) is 8.42 Å². The molecule has 1 N–H and O–H groups in total. The maximum absolute atomic E-state index is 14.1. The minimum atomic E-state index is -4.29. The van der Waals surface area contributed by atoms with E-state index in [1.165, 1.54) is 37.3 Å². The number of carbonyl (C=O) groups excluding carboxylic acids is 2. The van der Waals surface area contributed by atoms with Crippen LogP contribution < -0.4 is 19.1 Å². The Balaban J connectivity index is 2.13. The maximum Gasteiger partial charge on any atom is 0.264 e. The highest BCUT2D eigenvalue weighted by Gasteiger charge is 2.34. The molecule has 42 heavy (non-hydrogen) atoms. The average Bonchev–Trinajstić information content (AvgIpc) is 2.95. The molecule has 0 aliphatic heterocycles. The summed E-state index contributed by atoms with van der Waals surface area (Å²) in [5.41, 5.74) is 0.125. The number of amides is 2. The molecule has 1 atom stereocenters. The molecule has 0 saturated heterocycles. The van der Waals surface area contributed by atoms with Crippen LogP contribution in [0.25, 0.3) is 0 Å². The van der Waals surface area contributed by atoms with E-state index < -0.39 is 40.0 Å². The van der Waals surface area contributed by atoms with E-state index in [1.807, 2.05) is 20.8 Å². The third-order valence-electron chi connectivity index (χ3n) is 6.27. The van der Waals surface area contributed by atoms with Crippen molar-refractivity contribution in [1.29, 1.82) is 0 Å². The van der Waals surface area contributed by atoms with Crippen LogP contribution in [0.3, 0.4) is 0 Å². The summed E-state index contributed by atoms with van der Waals surface area (Å²) in [7, 11) is -1.44. The second-order valence-electron chi connectivity index (χ2n) is 10.5. The second-order valence-corrected chi connectivity index (χ2v) is 13.2. The fourth-order valence-electron chi connectivity index (χ4n) is 4.12. The number of rotatable bonds is 11. The van der Waals surface area contributed by atoms with Crippen LogP contribution in [-0.2, 0) is 26.2 Å². The number of nitrogens with one attached hydrogen (secondary N) is 1. The Hall–Kier alpha value is -3.47. The highest BCUT2D eigenvalue weighted by atomic mass is 35.5.